The van der Waals surface area contributed by atoms with Crippen LogP contribution in [0.15, 0.2) is 54.6 Å². The van der Waals surface area contributed by atoms with Crippen molar-refractivity contribution in [3.63, 3.8) is 0 Å². The third-order valence-electron chi connectivity index (χ3n) is 6.37. The van der Waals surface area contributed by atoms with Crippen molar-refractivity contribution in [1.29, 1.82) is 0 Å². The molecule has 4 rings (SSSR count). The van der Waals surface area contributed by atoms with Crippen LogP contribution in [-0.2, 0) is 13.0 Å². The van der Waals surface area contributed by atoms with Gasteiger partial charge in [0.1, 0.15) is 0 Å². The maximum absolute atomic E-state index is 13.8. The van der Waals surface area contributed by atoms with Crippen LogP contribution in [0.5, 0.6) is 11.5 Å². The minimum absolute atomic E-state index is 0.159. The number of carbonyl (C=O) groups excluding carboxylic acids is 1. The van der Waals surface area contributed by atoms with Gasteiger partial charge in [0, 0.05) is 28.8 Å². The van der Waals surface area contributed by atoms with Crippen LogP contribution in [0.3, 0.4) is 0 Å². The van der Waals surface area contributed by atoms with Crippen molar-refractivity contribution < 1.29 is 14.3 Å². The molecule has 0 unspecified atom stereocenters. The van der Waals surface area contributed by atoms with Crippen molar-refractivity contribution in [1.82, 2.24) is 4.90 Å². The van der Waals surface area contributed by atoms with Crippen molar-refractivity contribution in [2.75, 3.05) is 18.7 Å². The number of rotatable bonds is 8. The quantitative estimate of drug-likeness (QED) is 0.321. The Kier molecular flexibility index (Phi) is 8.32. The lowest BCUT2D eigenvalue weighted by Crippen LogP contribution is -2.36. The Labute approximate surface area is 223 Å². The Morgan fingerprint density at radius 1 is 0.944 bits per heavy atom. The van der Waals surface area contributed by atoms with Crippen molar-refractivity contribution in [2.24, 2.45) is 0 Å². The van der Waals surface area contributed by atoms with Gasteiger partial charge < -0.3 is 19.7 Å². The highest BCUT2D eigenvalue weighted by Gasteiger charge is 2.21. The highest BCUT2D eigenvalue weighted by Crippen LogP contribution is 2.34. The fraction of sp³-hybridized carbons (Fsp3) is 0.345. The predicted octanol–water partition coefficient (Wildman–Crippen LogP) is 8.25. The van der Waals surface area contributed by atoms with Gasteiger partial charge >= 0.3 is 6.03 Å². The Hall–Kier alpha value is -2.89. The van der Waals surface area contributed by atoms with Gasteiger partial charge in [0.25, 0.3) is 0 Å². The fourth-order valence-electron chi connectivity index (χ4n) is 4.37. The normalized spacial score (nSPS) is 12.3. The first-order chi connectivity index (χ1) is 17.2. The molecule has 0 fully saturated rings. The summed E-state index contributed by atoms with van der Waals surface area (Å²) in [6.07, 6.45) is 0.594. The van der Waals surface area contributed by atoms with E-state index in [0.717, 1.165) is 33.7 Å². The van der Waals surface area contributed by atoms with Crippen LogP contribution in [-0.4, -0.2) is 24.3 Å². The summed E-state index contributed by atoms with van der Waals surface area (Å²) >= 11 is 12.5. The van der Waals surface area contributed by atoms with Gasteiger partial charge in [-0.1, -0.05) is 81.2 Å². The number of nitrogens with zero attached hydrogens (tertiary/aromatic N) is 1. The van der Waals surface area contributed by atoms with E-state index >= 15 is 0 Å². The van der Waals surface area contributed by atoms with E-state index in [4.69, 9.17) is 32.7 Å². The largest absolute Gasteiger partial charge is 0.454 e. The van der Waals surface area contributed by atoms with E-state index in [1.807, 2.05) is 35.2 Å². The fourth-order valence-corrected chi connectivity index (χ4v) is 4.88. The number of hydrogen-bond acceptors (Lipinski definition) is 3. The third kappa shape index (κ3) is 6.08. The summed E-state index contributed by atoms with van der Waals surface area (Å²) < 4.78 is 11.0. The number of fused-ring (bicyclic) bond motifs is 1. The number of ether oxygens (including phenoxy) is 2. The smallest absolute Gasteiger partial charge is 0.322 e. The first kappa shape index (κ1) is 26.2. The van der Waals surface area contributed by atoms with Crippen LogP contribution < -0.4 is 14.8 Å². The second-order valence-corrected chi connectivity index (χ2v) is 10.5. The molecule has 0 spiro atoms. The molecular formula is C29H32Cl2N2O3. The first-order valence-electron chi connectivity index (χ1n) is 12.2. The lowest BCUT2D eigenvalue weighted by molar-refractivity contribution is 0.174. The van der Waals surface area contributed by atoms with E-state index in [-0.39, 0.29) is 24.7 Å². The zero-order valence-electron chi connectivity index (χ0n) is 21.1. The topological polar surface area (TPSA) is 50.8 Å². The highest BCUT2D eigenvalue weighted by molar-refractivity contribution is 6.35. The summed E-state index contributed by atoms with van der Waals surface area (Å²) in [6, 6.07) is 17.3. The van der Waals surface area contributed by atoms with Gasteiger partial charge in [0.15, 0.2) is 11.5 Å². The number of carbonyl (C=O) groups is 1. The van der Waals surface area contributed by atoms with Crippen LogP contribution in [0.2, 0.25) is 10.0 Å². The summed E-state index contributed by atoms with van der Waals surface area (Å²) in [5.74, 6) is 1.96. The minimum atomic E-state index is -0.159. The lowest BCUT2D eigenvalue weighted by atomic mass is 9.93. The number of halogens is 2. The van der Waals surface area contributed by atoms with Gasteiger partial charge in [-0.15, -0.1) is 0 Å². The lowest BCUT2D eigenvalue weighted by Gasteiger charge is -2.27. The van der Waals surface area contributed by atoms with Gasteiger partial charge in [-0.3, -0.25) is 0 Å². The van der Waals surface area contributed by atoms with Crippen LogP contribution in [0, 0.1) is 0 Å². The zero-order valence-corrected chi connectivity index (χ0v) is 22.6. The van der Waals surface area contributed by atoms with Crippen LogP contribution >= 0.6 is 23.2 Å². The molecule has 3 aromatic carbocycles. The molecule has 0 saturated carbocycles. The predicted molar refractivity (Wildman–Crippen MR) is 147 cm³/mol. The molecular weight excluding hydrogens is 495 g/mol. The molecule has 36 heavy (non-hydrogen) atoms. The number of para-hydroxylation sites is 1. The molecule has 1 aliphatic heterocycles. The van der Waals surface area contributed by atoms with Gasteiger partial charge in [-0.25, -0.2) is 4.79 Å². The van der Waals surface area contributed by atoms with Gasteiger partial charge in [0.05, 0.1) is 0 Å². The van der Waals surface area contributed by atoms with E-state index in [9.17, 15) is 4.79 Å². The van der Waals surface area contributed by atoms with Gasteiger partial charge in [-0.05, 0) is 64.8 Å². The van der Waals surface area contributed by atoms with E-state index in [2.05, 4.69) is 51.2 Å². The van der Waals surface area contributed by atoms with Gasteiger partial charge in [-0.2, -0.15) is 0 Å². The average molecular weight is 527 g/mol. The number of nitrogens with one attached hydrogen (secondary N) is 1. The molecule has 190 valence electrons. The molecule has 5 nitrogen and oxygen atoms in total. The monoisotopic (exact) mass is 526 g/mol. The second-order valence-electron chi connectivity index (χ2n) is 9.65. The Bertz CT molecular complexity index is 1220. The number of anilines is 1. The SMILES string of the molecule is CC(C)c1cccc(C(C)C)c1NC(=O)N(CCc1ccc(Cl)cc1Cl)Cc1ccc2c(c1)OCO2. The molecule has 0 aromatic heterocycles. The van der Waals surface area contributed by atoms with Crippen molar-refractivity contribution in [3.8, 4) is 11.5 Å². The first-order valence-corrected chi connectivity index (χ1v) is 13.0. The number of benzene rings is 3. The van der Waals surface area contributed by atoms with E-state index in [1.54, 1.807) is 6.07 Å². The average Bonchev–Trinajstić information content (AvgIpc) is 3.30. The van der Waals surface area contributed by atoms with Crippen molar-refractivity contribution in [3.05, 3.63) is 86.9 Å². The maximum Gasteiger partial charge on any atom is 0.322 e. The van der Waals surface area contributed by atoms with E-state index in [0.29, 0.717) is 35.3 Å². The Morgan fingerprint density at radius 2 is 1.64 bits per heavy atom. The Morgan fingerprint density at radius 3 is 2.31 bits per heavy atom. The molecule has 3 aromatic rings. The van der Waals surface area contributed by atoms with Crippen molar-refractivity contribution in [2.45, 2.75) is 52.5 Å². The number of hydrogen-bond donors (Lipinski definition) is 1. The van der Waals surface area contributed by atoms with Gasteiger partial charge in [0.2, 0.25) is 6.79 Å². The third-order valence-corrected chi connectivity index (χ3v) is 6.96. The molecule has 0 saturated heterocycles. The second kappa shape index (κ2) is 11.4. The molecule has 2 amide bonds. The van der Waals surface area contributed by atoms with E-state index < -0.39 is 0 Å². The molecule has 1 aliphatic rings. The van der Waals surface area contributed by atoms with Crippen LogP contribution in [0.4, 0.5) is 10.5 Å². The summed E-state index contributed by atoms with van der Waals surface area (Å²) in [4.78, 5) is 15.6. The molecule has 1 heterocycles. The molecule has 0 bridgehead atoms. The van der Waals surface area contributed by atoms with Crippen LogP contribution in [0.25, 0.3) is 0 Å². The van der Waals surface area contributed by atoms with E-state index in [1.165, 1.54) is 0 Å². The number of urea groups is 1. The summed E-state index contributed by atoms with van der Waals surface area (Å²) in [5, 5.41) is 4.44. The maximum atomic E-state index is 13.8. The molecule has 0 atom stereocenters. The van der Waals surface area contributed by atoms with Crippen LogP contribution in [0.1, 0.15) is 61.8 Å². The zero-order chi connectivity index (χ0) is 25.8. The molecule has 0 radical (unpaired) electrons. The van der Waals surface area contributed by atoms with Crippen molar-refractivity contribution >= 4 is 34.9 Å². The Balaban J connectivity index is 1.62. The number of amides is 2. The standard InChI is InChI=1S/C29H32Cl2N2O3/c1-18(2)23-6-5-7-24(19(3)4)28(23)32-29(34)33(13-12-21-9-10-22(30)15-25(21)31)16-20-8-11-26-27(14-20)36-17-35-26/h5-11,14-15,18-19H,12-13,16-17H2,1-4H3,(H,32,34). The highest BCUT2D eigenvalue weighted by atomic mass is 35.5. The summed E-state index contributed by atoms with van der Waals surface area (Å²) in [7, 11) is 0. The summed E-state index contributed by atoms with van der Waals surface area (Å²) in [5.41, 5.74) is 5.04. The molecule has 0 aliphatic carbocycles. The summed E-state index contributed by atoms with van der Waals surface area (Å²) in [6.45, 7) is 9.66. The molecule has 7 heteroatoms. The minimum Gasteiger partial charge on any atom is -0.454 e. The molecule has 1 N–H and O–H groups in total.